The second-order valence-corrected chi connectivity index (χ2v) is 4.91. The first-order valence-electron chi connectivity index (χ1n) is 5.53. The molecule has 1 aromatic heterocycles. The van der Waals surface area contributed by atoms with Gasteiger partial charge in [0.25, 0.3) is 0 Å². The van der Waals surface area contributed by atoms with Crippen molar-refractivity contribution in [3.63, 3.8) is 0 Å². The van der Waals surface area contributed by atoms with E-state index < -0.39 is 0 Å². The lowest BCUT2D eigenvalue weighted by atomic mass is 10.3. The standard InChI is InChI=1S/C12H14ClNO2S/c1-3-15-12(16-4-2)11-14-9-7-8(13)5-6-10(9)17-11/h5-7,12H,3-4H2,1-2H3. The van der Waals surface area contributed by atoms with Crippen LogP contribution in [0, 0.1) is 0 Å². The second-order valence-electron chi connectivity index (χ2n) is 3.41. The van der Waals surface area contributed by atoms with Crippen LogP contribution < -0.4 is 0 Å². The number of thiazole rings is 1. The lowest BCUT2D eigenvalue weighted by molar-refractivity contribution is -0.140. The molecule has 0 fully saturated rings. The number of ether oxygens (including phenoxy) is 2. The van der Waals surface area contributed by atoms with Gasteiger partial charge in [-0.1, -0.05) is 11.6 Å². The summed E-state index contributed by atoms with van der Waals surface area (Å²) in [4.78, 5) is 4.50. The van der Waals surface area contributed by atoms with E-state index in [9.17, 15) is 0 Å². The molecule has 0 spiro atoms. The molecule has 0 radical (unpaired) electrons. The van der Waals surface area contributed by atoms with Crippen LogP contribution in [0.25, 0.3) is 10.2 Å². The van der Waals surface area contributed by atoms with Gasteiger partial charge in [-0.3, -0.25) is 0 Å². The maximum Gasteiger partial charge on any atom is 0.210 e. The van der Waals surface area contributed by atoms with E-state index in [1.54, 1.807) is 11.3 Å². The zero-order valence-electron chi connectivity index (χ0n) is 9.77. The summed E-state index contributed by atoms with van der Waals surface area (Å²) in [5.74, 6) is 0. The van der Waals surface area contributed by atoms with Gasteiger partial charge in [-0.25, -0.2) is 4.98 Å². The molecule has 0 amide bonds. The van der Waals surface area contributed by atoms with E-state index >= 15 is 0 Å². The molecule has 0 aliphatic carbocycles. The molecule has 2 rings (SSSR count). The summed E-state index contributed by atoms with van der Waals surface area (Å²) in [7, 11) is 0. The first-order chi connectivity index (χ1) is 8.24. The highest BCUT2D eigenvalue weighted by molar-refractivity contribution is 7.18. The molecule has 17 heavy (non-hydrogen) atoms. The third-order valence-corrected chi connectivity index (χ3v) is 3.50. The largest absolute Gasteiger partial charge is 0.347 e. The van der Waals surface area contributed by atoms with Crippen molar-refractivity contribution in [3.8, 4) is 0 Å². The average molecular weight is 272 g/mol. The summed E-state index contributed by atoms with van der Waals surface area (Å²) in [6, 6.07) is 5.68. The maximum atomic E-state index is 5.93. The minimum Gasteiger partial charge on any atom is -0.347 e. The SMILES string of the molecule is CCOC(OCC)c1nc2cc(Cl)ccc2s1. The predicted octanol–water partition coefficient (Wildman–Crippen LogP) is 4.02. The van der Waals surface area contributed by atoms with Gasteiger partial charge in [-0.15, -0.1) is 11.3 Å². The molecule has 1 heterocycles. The first-order valence-corrected chi connectivity index (χ1v) is 6.73. The molecule has 0 N–H and O–H groups in total. The van der Waals surface area contributed by atoms with Crippen LogP contribution in [0.5, 0.6) is 0 Å². The number of nitrogens with zero attached hydrogens (tertiary/aromatic N) is 1. The minimum atomic E-state index is -0.374. The van der Waals surface area contributed by atoms with Crippen molar-refractivity contribution in [1.29, 1.82) is 0 Å². The molecule has 2 aromatic rings. The van der Waals surface area contributed by atoms with E-state index in [4.69, 9.17) is 21.1 Å². The van der Waals surface area contributed by atoms with Crippen LogP contribution in [-0.4, -0.2) is 18.2 Å². The van der Waals surface area contributed by atoms with E-state index in [1.165, 1.54) is 0 Å². The molecule has 0 unspecified atom stereocenters. The van der Waals surface area contributed by atoms with Crippen LogP contribution >= 0.6 is 22.9 Å². The Bertz CT molecular complexity index is 494. The number of hydrogen-bond acceptors (Lipinski definition) is 4. The Morgan fingerprint density at radius 1 is 1.29 bits per heavy atom. The molecule has 3 nitrogen and oxygen atoms in total. The molecule has 0 bridgehead atoms. The number of halogens is 1. The number of benzene rings is 1. The number of aromatic nitrogens is 1. The Morgan fingerprint density at radius 2 is 2.00 bits per heavy atom. The van der Waals surface area contributed by atoms with E-state index in [-0.39, 0.29) is 6.29 Å². The summed E-state index contributed by atoms with van der Waals surface area (Å²) in [5, 5.41) is 1.53. The van der Waals surface area contributed by atoms with Gasteiger partial charge < -0.3 is 9.47 Å². The monoisotopic (exact) mass is 271 g/mol. The third kappa shape index (κ3) is 2.96. The molecule has 0 aliphatic heterocycles. The van der Waals surface area contributed by atoms with E-state index in [0.717, 1.165) is 15.2 Å². The van der Waals surface area contributed by atoms with E-state index in [2.05, 4.69) is 4.98 Å². The van der Waals surface area contributed by atoms with Crippen LogP contribution in [0.3, 0.4) is 0 Å². The Labute approximate surface area is 109 Å². The van der Waals surface area contributed by atoms with Crippen molar-refractivity contribution in [2.75, 3.05) is 13.2 Å². The highest BCUT2D eigenvalue weighted by atomic mass is 35.5. The second kappa shape index (κ2) is 5.78. The van der Waals surface area contributed by atoms with Crippen molar-refractivity contribution in [1.82, 2.24) is 4.98 Å². The fourth-order valence-electron chi connectivity index (χ4n) is 1.51. The van der Waals surface area contributed by atoms with Gasteiger partial charge in [0.1, 0.15) is 0 Å². The van der Waals surface area contributed by atoms with Crippen molar-refractivity contribution in [2.24, 2.45) is 0 Å². The third-order valence-electron chi connectivity index (χ3n) is 2.20. The van der Waals surface area contributed by atoms with Crippen molar-refractivity contribution in [2.45, 2.75) is 20.1 Å². The van der Waals surface area contributed by atoms with E-state index in [1.807, 2.05) is 32.0 Å². The van der Waals surface area contributed by atoms with Crippen LogP contribution in [0.15, 0.2) is 18.2 Å². The number of fused-ring (bicyclic) bond motifs is 1. The van der Waals surface area contributed by atoms with Crippen LogP contribution in [-0.2, 0) is 9.47 Å². The van der Waals surface area contributed by atoms with Crippen molar-refractivity contribution >= 4 is 33.2 Å². The Kier molecular flexibility index (Phi) is 4.34. The zero-order chi connectivity index (χ0) is 12.3. The Balaban J connectivity index is 2.33. The van der Waals surface area contributed by atoms with E-state index in [0.29, 0.717) is 18.2 Å². The fraction of sp³-hybridized carbons (Fsp3) is 0.417. The molecule has 5 heteroatoms. The van der Waals surface area contributed by atoms with Crippen LogP contribution in [0.4, 0.5) is 0 Å². The zero-order valence-corrected chi connectivity index (χ0v) is 11.3. The topological polar surface area (TPSA) is 31.4 Å². The van der Waals surface area contributed by atoms with Gasteiger partial charge >= 0.3 is 0 Å². The lowest BCUT2D eigenvalue weighted by Crippen LogP contribution is -2.08. The summed E-state index contributed by atoms with van der Waals surface area (Å²) < 4.78 is 12.1. The summed E-state index contributed by atoms with van der Waals surface area (Å²) in [6.07, 6.45) is -0.374. The molecule has 1 aromatic carbocycles. The Hall–Kier alpha value is -0.680. The van der Waals surface area contributed by atoms with Gasteiger partial charge in [0.15, 0.2) is 5.01 Å². The molecule has 0 saturated carbocycles. The van der Waals surface area contributed by atoms with Crippen LogP contribution in [0.2, 0.25) is 5.02 Å². The first kappa shape index (κ1) is 12.8. The van der Waals surface area contributed by atoms with Gasteiger partial charge in [-0.2, -0.15) is 0 Å². The Morgan fingerprint density at radius 3 is 2.65 bits per heavy atom. The van der Waals surface area contributed by atoms with Gasteiger partial charge in [0.2, 0.25) is 6.29 Å². The molecule has 0 saturated heterocycles. The van der Waals surface area contributed by atoms with Crippen LogP contribution in [0.1, 0.15) is 25.1 Å². The maximum absolute atomic E-state index is 5.93. The molecule has 0 aliphatic rings. The number of rotatable bonds is 5. The summed E-state index contributed by atoms with van der Waals surface area (Å²) in [5.41, 5.74) is 0.891. The van der Waals surface area contributed by atoms with Crippen molar-refractivity contribution < 1.29 is 9.47 Å². The van der Waals surface area contributed by atoms with Gasteiger partial charge in [0, 0.05) is 18.2 Å². The molecule has 0 atom stereocenters. The number of hydrogen-bond donors (Lipinski definition) is 0. The average Bonchev–Trinajstić information content (AvgIpc) is 2.71. The quantitative estimate of drug-likeness (QED) is 0.770. The normalized spacial score (nSPS) is 11.5. The highest BCUT2D eigenvalue weighted by Gasteiger charge is 2.16. The summed E-state index contributed by atoms with van der Waals surface area (Å²) in [6.45, 7) is 5.08. The fourth-order valence-corrected chi connectivity index (χ4v) is 2.63. The van der Waals surface area contributed by atoms with Crippen molar-refractivity contribution in [3.05, 3.63) is 28.2 Å². The lowest BCUT2D eigenvalue weighted by Gasteiger charge is -2.13. The van der Waals surface area contributed by atoms with Gasteiger partial charge in [-0.05, 0) is 32.0 Å². The minimum absolute atomic E-state index is 0.374. The molecule has 92 valence electrons. The molecular weight excluding hydrogens is 258 g/mol. The highest BCUT2D eigenvalue weighted by Crippen LogP contribution is 2.30. The molecular formula is C12H14ClNO2S. The van der Waals surface area contributed by atoms with Gasteiger partial charge in [0.05, 0.1) is 10.2 Å². The summed E-state index contributed by atoms with van der Waals surface area (Å²) >= 11 is 7.51. The smallest absolute Gasteiger partial charge is 0.210 e. The predicted molar refractivity (Wildman–Crippen MR) is 70.6 cm³/mol.